The average Bonchev–Trinajstić information content (AvgIpc) is 2.59. The quantitative estimate of drug-likeness (QED) is 0.867. The van der Waals surface area contributed by atoms with E-state index in [2.05, 4.69) is 6.07 Å². The molecular formula is C20H23NO3. The van der Waals surface area contributed by atoms with Crippen LogP contribution in [0.3, 0.4) is 0 Å². The van der Waals surface area contributed by atoms with Crippen LogP contribution in [-0.2, 0) is 13.0 Å². The molecule has 24 heavy (non-hydrogen) atoms. The Kier molecular flexibility index (Phi) is 4.47. The normalized spacial score (nSPS) is 13.4. The first-order valence-electron chi connectivity index (χ1n) is 8.13. The van der Waals surface area contributed by atoms with Gasteiger partial charge in [0.1, 0.15) is 0 Å². The van der Waals surface area contributed by atoms with Crippen LogP contribution in [0.15, 0.2) is 30.3 Å². The van der Waals surface area contributed by atoms with Crippen LogP contribution >= 0.6 is 0 Å². The standard InChI is InChI=1S/C20H23NO3/c1-13-5-6-17(14(2)9-13)20(22)21-8-7-15-10-18(23-3)19(24-4)11-16(15)12-21/h5-6,9-11H,7-8,12H2,1-4H3. The number of nitrogens with zero attached hydrogens (tertiary/aromatic N) is 1. The maximum absolute atomic E-state index is 12.9. The van der Waals surface area contributed by atoms with Crippen molar-refractivity contribution >= 4 is 5.91 Å². The molecule has 2 aromatic carbocycles. The number of hydrogen-bond acceptors (Lipinski definition) is 3. The van der Waals surface area contributed by atoms with Gasteiger partial charge in [0.15, 0.2) is 11.5 Å². The highest BCUT2D eigenvalue weighted by Gasteiger charge is 2.24. The number of methoxy groups -OCH3 is 2. The Morgan fingerprint density at radius 2 is 1.67 bits per heavy atom. The molecule has 4 nitrogen and oxygen atoms in total. The smallest absolute Gasteiger partial charge is 0.254 e. The molecule has 3 rings (SSSR count). The summed E-state index contributed by atoms with van der Waals surface area (Å²) in [6, 6.07) is 9.98. The topological polar surface area (TPSA) is 38.8 Å². The molecular weight excluding hydrogens is 302 g/mol. The summed E-state index contributed by atoms with van der Waals surface area (Å²) in [6.45, 7) is 5.35. The Morgan fingerprint density at radius 3 is 2.29 bits per heavy atom. The lowest BCUT2D eigenvalue weighted by Gasteiger charge is -2.30. The number of carbonyl (C=O) groups excluding carboxylic acids is 1. The Balaban J connectivity index is 1.88. The summed E-state index contributed by atoms with van der Waals surface area (Å²) in [7, 11) is 3.27. The minimum atomic E-state index is 0.0907. The lowest BCUT2D eigenvalue weighted by molar-refractivity contribution is 0.0733. The van der Waals surface area contributed by atoms with Crippen LogP contribution in [0, 0.1) is 13.8 Å². The Labute approximate surface area is 143 Å². The van der Waals surface area contributed by atoms with Crippen molar-refractivity contribution in [1.29, 1.82) is 0 Å². The second kappa shape index (κ2) is 6.56. The number of rotatable bonds is 3. The van der Waals surface area contributed by atoms with Gasteiger partial charge >= 0.3 is 0 Å². The van der Waals surface area contributed by atoms with Crippen molar-refractivity contribution in [3.05, 3.63) is 58.1 Å². The van der Waals surface area contributed by atoms with Crippen LogP contribution in [0.25, 0.3) is 0 Å². The third-order valence-corrected chi connectivity index (χ3v) is 4.62. The number of hydrogen-bond donors (Lipinski definition) is 0. The average molecular weight is 325 g/mol. The van der Waals surface area contributed by atoms with E-state index >= 15 is 0 Å². The Bertz CT molecular complexity index is 783. The third-order valence-electron chi connectivity index (χ3n) is 4.62. The van der Waals surface area contributed by atoms with Gasteiger partial charge in [0, 0.05) is 18.7 Å². The second-order valence-electron chi connectivity index (χ2n) is 6.27. The lowest BCUT2D eigenvalue weighted by atomic mass is 9.97. The van der Waals surface area contributed by atoms with Crippen LogP contribution in [0.5, 0.6) is 11.5 Å². The van der Waals surface area contributed by atoms with E-state index in [0.29, 0.717) is 18.8 Å². The SMILES string of the molecule is COc1cc2c(cc1OC)CN(C(=O)c1ccc(C)cc1C)CC2. The van der Waals surface area contributed by atoms with Gasteiger partial charge in [-0.25, -0.2) is 0 Å². The summed E-state index contributed by atoms with van der Waals surface area (Å²) in [4.78, 5) is 14.8. The highest BCUT2D eigenvalue weighted by Crippen LogP contribution is 2.33. The summed E-state index contributed by atoms with van der Waals surface area (Å²) in [5.41, 5.74) is 5.32. The molecule has 0 N–H and O–H groups in total. The van der Waals surface area contributed by atoms with E-state index in [0.717, 1.165) is 28.9 Å². The molecule has 0 aromatic heterocycles. The molecule has 0 fully saturated rings. The van der Waals surface area contributed by atoms with Gasteiger partial charge in [-0.3, -0.25) is 4.79 Å². The Morgan fingerprint density at radius 1 is 1.00 bits per heavy atom. The molecule has 0 aliphatic carbocycles. The predicted octanol–water partition coefficient (Wildman–Crippen LogP) is 3.52. The molecule has 1 heterocycles. The van der Waals surface area contributed by atoms with Crippen molar-refractivity contribution in [2.75, 3.05) is 20.8 Å². The minimum absolute atomic E-state index is 0.0907. The maximum atomic E-state index is 12.9. The first-order chi connectivity index (χ1) is 11.5. The number of fused-ring (bicyclic) bond motifs is 1. The van der Waals surface area contributed by atoms with Crippen molar-refractivity contribution in [1.82, 2.24) is 4.90 Å². The first-order valence-corrected chi connectivity index (χ1v) is 8.13. The molecule has 1 amide bonds. The highest BCUT2D eigenvalue weighted by atomic mass is 16.5. The van der Waals surface area contributed by atoms with Gasteiger partial charge in [0.05, 0.1) is 14.2 Å². The molecule has 0 unspecified atom stereocenters. The first kappa shape index (κ1) is 16.4. The van der Waals surface area contributed by atoms with Crippen molar-refractivity contribution < 1.29 is 14.3 Å². The number of benzene rings is 2. The monoisotopic (exact) mass is 325 g/mol. The molecule has 0 bridgehead atoms. The van der Waals surface area contributed by atoms with E-state index in [1.165, 1.54) is 11.1 Å². The van der Waals surface area contributed by atoms with Gasteiger partial charge in [0.25, 0.3) is 5.91 Å². The molecule has 4 heteroatoms. The van der Waals surface area contributed by atoms with Crippen LogP contribution in [0.1, 0.15) is 32.6 Å². The number of carbonyl (C=O) groups is 1. The predicted molar refractivity (Wildman–Crippen MR) is 93.9 cm³/mol. The number of ether oxygens (including phenoxy) is 2. The zero-order chi connectivity index (χ0) is 17.3. The zero-order valence-electron chi connectivity index (χ0n) is 14.7. The van der Waals surface area contributed by atoms with E-state index in [-0.39, 0.29) is 5.91 Å². The maximum Gasteiger partial charge on any atom is 0.254 e. The molecule has 1 aliphatic rings. The molecule has 2 aromatic rings. The Hall–Kier alpha value is -2.49. The summed E-state index contributed by atoms with van der Waals surface area (Å²) < 4.78 is 10.8. The van der Waals surface area contributed by atoms with E-state index in [1.54, 1.807) is 14.2 Å². The fraction of sp³-hybridized carbons (Fsp3) is 0.350. The van der Waals surface area contributed by atoms with E-state index < -0.39 is 0 Å². The molecule has 0 saturated carbocycles. The third kappa shape index (κ3) is 2.96. The molecule has 0 spiro atoms. The lowest BCUT2D eigenvalue weighted by Crippen LogP contribution is -2.36. The minimum Gasteiger partial charge on any atom is -0.493 e. The summed E-state index contributed by atoms with van der Waals surface area (Å²) in [6.07, 6.45) is 0.826. The molecule has 0 saturated heterocycles. The molecule has 1 aliphatic heterocycles. The zero-order valence-corrected chi connectivity index (χ0v) is 14.7. The van der Waals surface area contributed by atoms with Crippen molar-refractivity contribution in [3.63, 3.8) is 0 Å². The fourth-order valence-corrected chi connectivity index (χ4v) is 3.28. The van der Waals surface area contributed by atoms with Gasteiger partial charge in [-0.05, 0) is 55.2 Å². The fourth-order valence-electron chi connectivity index (χ4n) is 3.28. The molecule has 126 valence electrons. The summed E-state index contributed by atoms with van der Waals surface area (Å²) in [5.74, 6) is 1.54. The molecule has 0 atom stereocenters. The van der Waals surface area contributed by atoms with Gasteiger partial charge in [0.2, 0.25) is 0 Å². The van der Waals surface area contributed by atoms with Gasteiger partial charge in [-0.1, -0.05) is 17.7 Å². The summed E-state index contributed by atoms with van der Waals surface area (Å²) in [5, 5.41) is 0. The van der Waals surface area contributed by atoms with Crippen LogP contribution in [-0.4, -0.2) is 31.6 Å². The van der Waals surface area contributed by atoms with Gasteiger partial charge < -0.3 is 14.4 Å². The van der Waals surface area contributed by atoms with Crippen molar-refractivity contribution in [3.8, 4) is 11.5 Å². The largest absolute Gasteiger partial charge is 0.493 e. The van der Waals surface area contributed by atoms with E-state index in [9.17, 15) is 4.79 Å². The van der Waals surface area contributed by atoms with Crippen molar-refractivity contribution in [2.24, 2.45) is 0 Å². The second-order valence-corrected chi connectivity index (χ2v) is 6.27. The van der Waals surface area contributed by atoms with Crippen LogP contribution < -0.4 is 9.47 Å². The van der Waals surface area contributed by atoms with E-state index in [4.69, 9.17) is 9.47 Å². The number of amides is 1. The van der Waals surface area contributed by atoms with Crippen molar-refractivity contribution in [2.45, 2.75) is 26.8 Å². The summed E-state index contributed by atoms with van der Waals surface area (Å²) >= 11 is 0. The molecule has 0 radical (unpaired) electrons. The van der Waals surface area contributed by atoms with E-state index in [1.807, 2.05) is 43.0 Å². The van der Waals surface area contributed by atoms with Crippen LogP contribution in [0.4, 0.5) is 0 Å². The van der Waals surface area contributed by atoms with Gasteiger partial charge in [-0.2, -0.15) is 0 Å². The van der Waals surface area contributed by atoms with Crippen LogP contribution in [0.2, 0.25) is 0 Å². The highest BCUT2D eigenvalue weighted by molar-refractivity contribution is 5.95. The number of aryl methyl sites for hydroxylation is 2. The van der Waals surface area contributed by atoms with Gasteiger partial charge in [-0.15, -0.1) is 0 Å².